The van der Waals surface area contributed by atoms with E-state index in [1.165, 1.54) is 18.1 Å². The van der Waals surface area contributed by atoms with Gasteiger partial charge < -0.3 is 14.2 Å². The zero-order valence-electron chi connectivity index (χ0n) is 15.5. The van der Waals surface area contributed by atoms with Gasteiger partial charge in [-0.25, -0.2) is 9.79 Å². The largest absolute Gasteiger partial charge is 0.497 e. The number of hydrogen-bond donors (Lipinski definition) is 0. The van der Waals surface area contributed by atoms with Crippen LogP contribution in [0.4, 0.5) is 11.4 Å². The number of rotatable bonds is 5. The topological polar surface area (TPSA) is 77.4 Å². The van der Waals surface area contributed by atoms with Gasteiger partial charge in [0, 0.05) is 6.08 Å². The smallest absolute Gasteiger partial charge is 0.331 e. The van der Waals surface area contributed by atoms with Crippen LogP contribution >= 0.6 is 11.8 Å². The SMILES string of the molecule is COC(=O)C=C1SC(=Nc2ccc(OC)cc2)N(c2ccc(OC)cc2)C1=O. The van der Waals surface area contributed by atoms with Crippen molar-refractivity contribution in [3.63, 3.8) is 0 Å². The van der Waals surface area contributed by atoms with Gasteiger partial charge >= 0.3 is 5.97 Å². The Labute approximate surface area is 166 Å². The van der Waals surface area contributed by atoms with E-state index in [4.69, 9.17) is 9.47 Å². The summed E-state index contributed by atoms with van der Waals surface area (Å²) in [5.74, 6) is 0.420. The minimum Gasteiger partial charge on any atom is -0.497 e. The lowest BCUT2D eigenvalue weighted by Gasteiger charge is -2.16. The molecular formula is C20H18N2O5S. The zero-order valence-corrected chi connectivity index (χ0v) is 16.4. The molecule has 0 atom stereocenters. The Morgan fingerprint density at radius 1 is 0.964 bits per heavy atom. The van der Waals surface area contributed by atoms with Crippen LogP contribution in [-0.2, 0) is 14.3 Å². The van der Waals surface area contributed by atoms with Gasteiger partial charge in [-0.2, -0.15) is 0 Å². The molecule has 7 nitrogen and oxygen atoms in total. The van der Waals surface area contributed by atoms with E-state index in [1.54, 1.807) is 62.8 Å². The highest BCUT2D eigenvalue weighted by Gasteiger charge is 2.35. The number of carbonyl (C=O) groups is 2. The molecule has 0 spiro atoms. The fraction of sp³-hybridized carbons (Fsp3) is 0.150. The Morgan fingerprint density at radius 2 is 1.54 bits per heavy atom. The Morgan fingerprint density at radius 3 is 2.07 bits per heavy atom. The number of amides is 1. The standard InChI is InChI=1S/C20H18N2O5S/c1-25-15-8-4-13(5-9-15)21-20-22(14-6-10-16(26-2)11-7-14)19(24)17(28-20)12-18(23)27-3/h4-12H,1-3H3. The summed E-state index contributed by atoms with van der Waals surface area (Å²) in [6.45, 7) is 0. The Balaban J connectivity index is 2.01. The quantitative estimate of drug-likeness (QED) is 0.566. The summed E-state index contributed by atoms with van der Waals surface area (Å²) in [5.41, 5.74) is 1.26. The summed E-state index contributed by atoms with van der Waals surface area (Å²) in [4.78, 5) is 30.8. The van der Waals surface area contributed by atoms with Crippen molar-refractivity contribution >= 4 is 40.2 Å². The first-order valence-electron chi connectivity index (χ1n) is 8.24. The number of anilines is 1. The first kappa shape index (κ1) is 19.5. The minimum absolute atomic E-state index is 0.231. The molecule has 0 unspecified atom stereocenters. The van der Waals surface area contributed by atoms with Gasteiger partial charge in [-0.1, -0.05) is 0 Å². The molecule has 0 saturated carbocycles. The predicted octanol–water partition coefficient (Wildman–Crippen LogP) is 3.53. The van der Waals surface area contributed by atoms with E-state index in [9.17, 15) is 9.59 Å². The van der Waals surface area contributed by atoms with Gasteiger partial charge in [0.25, 0.3) is 5.91 Å². The van der Waals surface area contributed by atoms with Gasteiger partial charge in [-0.3, -0.25) is 9.69 Å². The van der Waals surface area contributed by atoms with E-state index in [2.05, 4.69) is 9.73 Å². The van der Waals surface area contributed by atoms with Gasteiger partial charge in [-0.05, 0) is 60.3 Å². The minimum atomic E-state index is -0.601. The zero-order chi connectivity index (χ0) is 20.1. The van der Waals surface area contributed by atoms with E-state index >= 15 is 0 Å². The maximum Gasteiger partial charge on any atom is 0.331 e. The number of benzene rings is 2. The molecule has 1 heterocycles. The first-order valence-corrected chi connectivity index (χ1v) is 9.06. The average molecular weight is 398 g/mol. The van der Waals surface area contributed by atoms with E-state index in [1.807, 2.05) is 0 Å². The van der Waals surface area contributed by atoms with E-state index in [0.29, 0.717) is 28.0 Å². The molecule has 144 valence electrons. The highest BCUT2D eigenvalue weighted by molar-refractivity contribution is 8.19. The molecule has 2 aromatic carbocycles. The molecule has 1 fully saturated rings. The summed E-state index contributed by atoms with van der Waals surface area (Å²) in [5, 5.41) is 0.426. The maximum atomic E-state index is 12.9. The second-order valence-electron chi connectivity index (χ2n) is 5.56. The van der Waals surface area contributed by atoms with Crippen molar-refractivity contribution in [3.8, 4) is 11.5 Å². The number of esters is 1. The van der Waals surface area contributed by atoms with Gasteiger partial charge in [0.05, 0.1) is 37.6 Å². The van der Waals surface area contributed by atoms with Crippen molar-refractivity contribution in [2.24, 2.45) is 4.99 Å². The highest BCUT2D eigenvalue weighted by atomic mass is 32.2. The molecule has 0 aromatic heterocycles. The predicted molar refractivity (Wildman–Crippen MR) is 108 cm³/mol. The van der Waals surface area contributed by atoms with Crippen LogP contribution < -0.4 is 14.4 Å². The fourth-order valence-electron chi connectivity index (χ4n) is 2.44. The fourth-order valence-corrected chi connectivity index (χ4v) is 3.40. The number of nitrogens with zero attached hydrogens (tertiary/aromatic N) is 2. The maximum absolute atomic E-state index is 12.9. The Hall–Kier alpha value is -3.26. The van der Waals surface area contributed by atoms with Crippen LogP contribution in [0, 0.1) is 0 Å². The van der Waals surface area contributed by atoms with Crippen molar-refractivity contribution in [1.82, 2.24) is 0 Å². The number of carbonyl (C=O) groups excluding carboxylic acids is 2. The van der Waals surface area contributed by atoms with Gasteiger partial charge in [0.15, 0.2) is 5.17 Å². The summed E-state index contributed by atoms with van der Waals surface area (Å²) in [6, 6.07) is 14.1. The van der Waals surface area contributed by atoms with Gasteiger partial charge in [-0.15, -0.1) is 0 Å². The van der Waals surface area contributed by atoms with Crippen LogP contribution in [-0.4, -0.2) is 38.4 Å². The highest BCUT2D eigenvalue weighted by Crippen LogP contribution is 2.37. The lowest BCUT2D eigenvalue weighted by atomic mass is 10.2. The molecule has 0 aliphatic carbocycles. The number of thioether (sulfide) groups is 1. The Bertz CT molecular complexity index is 936. The number of hydrogen-bond acceptors (Lipinski definition) is 7. The number of methoxy groups -OCH3 is 3. The lowest BCUT2D eigenvalue weighted by Crippen LogP contribution is -2.28. The first-order chi connectivity index (χ1) is 13.5. The molecule has 1 aliphatic rings. The van der Waals surface area contributed by atoms with Crippen molar-refractivity contribution in [2.75, 3.05) is 26.2 Å². The molecule has 0 bridgehead atoms. The van der Waals surface area contributed by atoms with Crippen LogP contribution in [0.5, 0.6) is 11.5 Å². The third-order valence-corrected chi connectivity index (χ3v) is 4.85. The van der Waals surface area contributed by atoms with E-state index < -0.39 is 5.97 Å². The summed E-state index contributed by atoms with van der Waals surface area (Å²) >= 11 is 1.10. The third-order valence-electron chi connectivity index (χ3n) is 3.88. The monoisotopic (exact) mass is 398 g/mol. The van der Waals surface area contributed by atoms with Crippen LogP contribution in [0.1, 0.15) is 0 Å². The normalized spacial score (nSPS) is 16.5. The van der Waals surface area contributed by atoms with Gasteiger partial charge in [0.1, 0.15) is 11.5 Å². The number of ether oxygens (including phenoxy) is 3. The molecule has 1 aliphatic heterocycles. The summed E-state index contributed by atoms with van der Waals surface area (Å²) < 4.78 is 15.0. The van der Waals surface area contributed by atoms with E-state index in [-0.39, 0.29) is 10.8 Å². The van der Waals surface area contributed by atoms with Crippen molar-refractivity contribution in [3.05, 3.63) is 59.5 Å². The van der Waals surface area contributed by atoms with Crippen molar-refractivity contribution < 1.29 is 23.8 Å². The summed E-state index contributed by atoms with van der Waals surface area (Å²) in [6.07, 6.45) is 1.17. The lowest BCUT2D eigenvalue weighted by molar-refractivity contribution is -0.135. The number of amidine groups is 1. The van der Waals surface area contributed by atoms with Crippen LogP contribution in [0.3, 0.4) is 0 Å². The van der Waals surface area contributed by atoms with Crippen LogP contribution in [0.2, 0.25) is 0 Å². The van der Waals surface area contributed by atoms with Crippen molar-refractivity contribution in [1.29, 1.82) is 0 Å². The second kappa shape index (κ2) is 8.62. The Kier molecular flexibility index (Phi) is 6.00. The molecule has 0 N–H and O–H groups in total. The van der Waals surface area contributed by atoms with Crippen molar-refractivity contribution in [2.45, 2.75) is 0 Å². The molecule has 3 rings (SSSR count). The van der Waals surface area contributed by atoms with Crippen LogP contribution in [0.25, 0.3) is 0 Å². The molecule has 2 aromatic rings. The number of aliphatic imine (C=N–C) groups is 1. The summed E-state index contributed by atoms with van der Waals surface area (Å²) in [7, 11) is 4.42. The second-order valence-corrected chi connectivity index (χ2v) is 6.57. The molecular weight excluding hydrogens is 380 g/mol. The molecule has 8 heteroatoms. The van der Waals surface area contributed by atoms with Crippen LogP contribution in [0.15, 0.2) is 64.5 Å². The molecule has 1 amide bonds. The van der Waals surface area contributed by atoms with E-state index in [0.717, 1.165) is 11.8 Å². The van der Waals surface area contributed by atoms with Gasteiger partial charge in [0.2, 0.25) is 0 Å². The molecule has 1 saturated heterocycles. The third kappa shape index (κ3) is 4.17. The molecule has 0 radical (unpaired) electrons. The average Bonchev–Trinajstić information content (AvgIpc) is 3.03. The molecule has 28 heavy (non-hydrogen) atoms.